The number of carbonyl (C=O) groups excluding carboxylic acids is 1. The number of rotatable bonds is 8. The van der Waals surface area contributed by atoms with Crippen LogP contribution in [0.15, 0.2) is 24.3 Å². The molecule has 1 rings (SSSR count). The summed E-state index contributed by atoms with van der Waals surface area (Å²) in [4.78, 5) is 23.0. The summed E-state index contributed by atoms with van der Waals surface area (Å²) < 4.78 is 5.16. The molecule has 0 spiro atoms. The van der Waals surface area contributed by atoms with E-state index in [0.717, 1.165) is 0 Å². The summed E-state index contributed by atoms with van der Waals surface area (Å²) in [5.41, 5.74) is 0.686. The van der Waals surface area contributed by atoms with Crippen molar-refractivity contribution in [2.75, 3.05) is 19.0 Å². The highest BCUT2D eigenvalue weighted by atomic mass is 16.5. The van der Waals surface area contributed by atoms with Gasteiger partial charge >= 0.3 is 5.97 Å². The van der Waals surface area contributed by atoms with Gasteiger partial charge in [0.25, 0.3) is 0 Å². The van der Waals surface area contributed by atoms with Gasteiger partial charge in [-0.3, -0.25) is 4.79 Å². The molecule has 0 fully saturated rings. The normalized spacial score (nSPS) is 13.1. The van der Waals surface area contributed by atoms with Gasteiger partial charge in [-0.1, -0.05) is 32.4 Å². The molecule has 0 unspecified atom stereocenters. The Labute approximate surface area is 124 Å². The minimum atomic E-state index is -1.02. The fourth-order valence-electron chi connectivity index (χ4n) is 1.87. The number of benzene rings is 1. The van der Waals surface area contributed by atoms with Gasteiger partial charge in [0, 0.05) is 0 Å². The summed E-state index contributed by atoms with van der Waals surface area (Å²) >= 11 is 0. The van der Waals surface area contributed by atoms with Crippen molar-refractivity contribution < 1.29 is 19.4 Å². The molecule has 21 heavy (non-hydrogen) atoms. The highest BCUT2D eigenvalue weighted by molar-refractivity contribution is 5.86. The Hall–Kier alpha value is -2.24. The molecule has 0 saturated heterocycles. The number of carboxylic acids is 1. The minimum absolute atomic E-state index is 0.0133. The maximum Gasteiger partial charge on any atom is 0.326 e. The lowest BCUT2D eigenvalue weighted by molar-refractivity contribution is -0.143. The highest BCUT2D eigenvalue weighted by Crippen LogP contribution is 2.22. The summed E-state index contributed by atoms with van der Waals surface area (Å²) in [5.74, 6) is -0.886. The van der Waals surface area contributed by atoms with Crippen molar-refractivity contribution in [2.45, 2.75) is 26.3 Å². The third kappa shape index (κ3) is 4.98. The summed E-state index contributed by atoms with van der Waals surface area (Å²) in [5, 5.41) is 14.6. The number of anilines is 1. The second-order valence-corrected chi connectivity index (χ2v) is 4.82. The van der Waals surface area contributed by atoms with Gasteiger partial charge in [0.05, 0.1) is 19.3 Å². The van der Waals surface area contributed by atoms with Crippen LogP contribution in [-0.4, -0.2) is 36.7 Å². The Balaban J connectivity index is 2.59. The number of methoxy groups -OCH3 is 1. The van der Waals surface area contributed by atoms with Crippen molar-refractivity contribution in [3.05, 3.63) is 24.3 Å². The van der Waals surface area contributed by atoms with Crippen LogP contribution < -0.4 is 15.4 Å². The van der Waals surface area contributed by atoms with Gasteiger partial charge < -0.3 is 20.5 Å². The van der Waals surface area contributed by atoms with E-state index < -0.39 is 12.0 Å². The molecule has 0 radical (unpaired) electrons. The number of carboxylic acid groups (broad SMARTS) is 1. The highest BCUT2D eigenvalue weighted by Gasteiger charge is 2.25. The molecule has 6 heteroatoms. The summed E-state index contributed by atoms with van der Waals surface area (Å²) in [6, 6.07) is 6.34. The molecule has 0 aliphatic carbocycles. The fraction of sp³-hybridized carbons (Fsp3) is 0.467. The second-order valence-electron chi connectivity index (χ2n) is 4.82. The van der Waals surface area contributed by atoms with Crippen LogP contribution in [-0.2, 0) is 9.59 Å². The Kier molecular flexibility index (Phi) is 6.52. The van der Waals surface area contributed by atoms with Crippen LogP contribution >= 0.6 is 0 Å². The number of carbonyl (C=O) groups is 2. The lowest BCUT2D eigenvalue weighted by atomic mass is 9.99. The molecule has 1 aromatic carbocycles. The molecule has 1 aromatic rings. The quantitative estimate of drug-likeness (QED) is 0.679. The smallest absolute Gasteiger partial charge is 0.326 e. The number of para-hydroxylation sites is 2. The van der Waals surface area contributed by atoms with Gasteiger partial charge in [0.1, 0.15) is 11.8 Å². The van der Waals surface area contributed by atoms with E-state index in [1.165, 1.54) is 0 Å². The van der Waals surface area contributed by atoms with Gasteiger partial charge in [0.15, 0.2) is 0 Å². The third-order valence-electron chi connectivity index (χ3n) is 3.34. The van der Waals surface area contributed by atoms with Crippen LogP contribution in [0.25, 0.3) is 0 Å². The minimum Gasteiger partial charge on any atom is -0.495 e. The standard InChI is InChI=1S/C15H22N2O4/c1-4-10(2)14(15(19)20)17-13(18)9-16-11-7-5-6-8-12(11)21-3/h5-8,10,14,16H,4,9H2,1-3H3,(H,17,18)(H,19,20)/t10-,14-/m0/s1. The van der Waals surface area contributed by atoms with Gasteiger partial charge in [-0.05, 0) is 18.1 Å². The zero-order valence-electron chi connectivity index (χ0n) is 12.6. The Morgan fingerprint density at radius 1 is 1.33 bits per heavy atom. The van der Waals surface area contributed by atoms with Crippen molar-refractivity contribution >= 4 is 17.6 Å². The first-order chi connectivity index (χ1) is 9.99. The van der Waals surface area contributed by atoms with Crippen LogP contribution in [0.4, 0.5) is 5.69 Å². The second kappa shape index (κ2) is 8.14. The first-order valence-corrected chi connectivity index (χ1v) is 6.88. The molecule has 1 amide bonds. The third-order valence-corrected chi connectivity index (χ3v) is 3.34. The van der Waals surface area contributed by atoms with E-state index in [-0.39, 0.29) is 18.4 Å². The first kappa shape index (κ1) is 16.8. The van der Waals surface area contributed by atoms with Gasteiger partial charge in [-0.15, -0.1) is 0 Å². The summed E-state index contributed by atoms with van der Waals surface area (Å²) in [7, 11) is 1.55. The molecule has 0 saturated carbocycles. The van der Waals surface area contributed by atoms with E-state index >= 15 is 0 Å². The molecule has 0 aromatic heterocycles. The zero-order chi connectivity index (χ0) is 15.8. The summed E-state index contributed by atoms with van der Waals surface area (Å²) in [6.07, 6.45) is 0.678. The van der Waals surface area contributed by atoms with E-state index in [9.17, 15) is 9.59 Å². The molecular weight excluding hydrogens is 272 g/mol. The van der Waals surface area contributed by atoms with Crippen molar-refractivity contribution in [1.82, 2.24) is 5.32 Å². The van der Waals surface area contributed by atoms with Gasteiger partial charge in [-0.2, -0.15) is 0 Å². The average molecular weight is 294 g/mol. The van der Waals surface area contributed by atoms with Crippen molar-refractivity contribution in [3.8, 4) is 5.75 Å². The molecule has 0 heterocycles. The first-order valence-electron chi connectivity index (χ1n) is 6.88. The van der Waals surface area contributed by atoms with Crippen LogP contribution in [0.2, 0.25) is 0 Å². The lowest BCUT2D eigenvalue weighted by Crippen LogP contribution is -2.46. The number of amides is 1. The fourth-order valence-corrected chi connectivity index (χ4v) is 1.87. The topological polar surface area (TPSA) is 87.7 Å². The molecule has 3 N–H and O–H groups in total. The molecule has 6 nitrogen and oxygen atoms in total. The van der Waals surface area contributed by atoms with E-state index in [2.05, 4.69) is 10.6 Å². The van der Waals surface area contributed by atoms with E-state index in [1.807, 2.05) is 19.1 Å². The Morgan fingerprint density at radius 2 is 2.00 bits per heavy atom. The van der Waals surface area contributed by atoms with E-state index in [1.54, 1.807) is 26.2 Å². The molecule has 116 valence electrons. The predicted octanol–water partition coefficient (Wildman–Crippen LogP) is 1.72. The molecule has 0 aliphatic heterocycles. The van der Waals surface area contributed by atoms with Crippen LogP contribution in [0.5, 0.6) is 5.75 Å². The Bertz CT molecular complexity index is 490. The van der Waals surface area contributed by atoms with Gasteiger partial charge in [0.2, 0.25) is 5.91 Å². The Morgan fingerprint density at radius 3 is 2.57 bits per heavy atom. The molecular formula is C15H22N2O4. The van der Waals surface area contributed by atoms with Crippen LogP contribution in [0.3, 0.4) is 0 Å². The molecule has 0 bridgehead atoms. The largest absolute Gasteiger partial charge is 0.495 e. The zero-order valence-corrected chi connectivity index (χ0v) is 12.6. The molecule has 2 atom stereocenters. The number of nitrogens with one attached hydrogen (secondary N) is 2. The van der Waals surface area contributed by atoms with Crippen LogP contribution in [0, 0.1) is 5.92 Å². The summed E-state index contributed by atoms with van der Waals surface area (Å²) in [6.45, 7) is 3.67. The van der Waals surface area contributed by atoms with Gasteiger partial charge in [-0.25, -0.2) is 4.79 Å². The predicted molar refractivity (Wildman–Crippen MR) is 80.5 cm³/mol. The monoisotopic (exact) mass is 294 g/mol. The number of ether oxygens (including phenoxy) is 1. The van der Waals surface area contributed by atoms with E-state index in [0.29, 0.717) is 17.9 Å². The molecule has 0 aliphatic rings. The van der Waals surface area contributed by atoms with Crippen molar-refractivity contribution in [1.29, 1.82) is 0 Å². The number of hydrogen-bond acceptors (Lipinski definition) is 4. The number of aliphatic carboxylic acids is 1. The van der Waals surface area contributed by atoms with Crippen LogP contribution in [0.1, 0.15) is 20.3 Å². The lowest BCUT2D eigenvalue weighted by Gasteiger charge is -2.20. The SMILES string of the molecule is CC[C@H](C)[C@H](NC(=O)CNc1ccccc1OC)C(=O)O. The van der Waals surface area contributed by atoms with Crippen molar-refractivity contribution in [2.24, 2.45) is 5.92 Å². The van der Waals surface area contributed by atoms with Crippen molar-refractivity contribution in [3.63, 3.8) is 0 Å². The maximum atomic E-state index is 11.9. The maximum absolute atomic E-state index is 11.9. The average Bonchev–Trinajstić information content (AvgIpc) is 2.49. The number of hydrogen-bond donors (Lipinski definition) is 3. The van der Waals surface area contributed by atoms with E-state index in [4.69, 9.17) is 9.84 Å².